The monoisotopic (exact) mass is 237 g/mol. The molecular formula is C11H19N5O. The van der Waals surface area contributed by atoms with Crippen molar-refractivity contribution in [3.63, 3.8) is 0 Å². The molecule has 1 aromatic rings. The highest BCUT2D eigenvalue weighted by molar-refractivity contribution is 5.79. The number of carbonyl (C=O) groups excluding carboxylic acids is 1. The zero-order valence-corrected chi connectivity index (χ0v) is 10.2. The lowest BCUT2D eigenvalue weighted by Gasteiger charge is -2.27. The van der Waals surface area contributed by atoms with Gasteiger partial charge in [-0.25, -0.2) is 4.98 Å². The lowest BCUT2D eigenvalue weighted by molar-refractivity contribution is -0.126. The van der Waals surface area contributed by atoms with Crippen molar-refractivity contribution in [3.05, 3.63) is 12.2 Å². The van der Waals surface area contributed by atoms with Gasteiger partial charge in [0.15, 0.2) is 0 Å². The predicted molar refractivity (Wildman–Crippen MR) is 63.1 cm³/mol. The highest BCUT2D eigenvalue weighted by Gasteiger charge is 2.26. The van der Waals surface area contributed by atoms with Gasteiger partial charge < -0.3 is 10.6 Å². The number of hydrogen-bond acceptors (Lipinski definition) is 4. The molecule has 94 valence electrons. The third-order valence-corrected chi connectivity index (χ3v) is 3.20. The molecule has 0 aliphatic carbocycles. The second-order valence-corrected chi connectivity index (χ2v) is 4.68. The number of carbonyl (C=O) groups is 1. The Morgan fingerprint density at radius 2 is 2.47 bits per heavy atom. The van der Waals surface area contributed by atoms with Gasteiger partial charge in [0.1, 0.15) is 12.2 Å². The maximum absolute atomic E-state index is 12.0. The fourth-order valence-corrected chi connectivity index (χ4v) is 2.19. The summed E-state index contributed by atoms with van der Waals surface area (Å²) in [5, 5.41) is 12.9. The van der Waals surface area contributed by atoms with Crippen molar-refractivity contribution in [3.8, 4) is 0 Å². The van der Waals surface area contributed by atoms with Crippen LogP contribution in [-0.2, 0) is 4.79 Å². The van der Waals surface area contributed by atoms with E-state index >= 15 is 0 Å². The van der Waals surface area contributed by atoms with E-state index in [1.165, 1.54) is 6.33 Å². The molecule has 6 nitrogen and oxygen atoms in total. The highest BCUT2D eigenvalue weighted by atomic mass is 16.1. The molecule has 6 heteroatoms. The van der Waals surface area contributed by atoms with Gasteiger partial charge in [0, 0.05) is 12.0 Å². The van der Waals surface area contributed by atoms with Crippen LogP contribution in [-0.4, -0.2) is 33.7 Å². The summed E-state index contributed by atoms with van der Waals surface area (Å²) in [7, 11) is 0. The normalized spacial score (nSPS) is 26.5. The quantitative estimate of drug-likeness (QED) is 0.709. The molecule has 3 N–H and O–H groups in total. The van der Waals surface area contributed by atoms with Crippen LogP contribution in [0.25, 0.3) is 0 Å². The Kier molecular flexibility index (Phi) is 3.73. The van der Waals surface area contributed by atoms with Crippen molar-refractivity contribution in [2.75, 3.05) is 6.54 Å². The molecule has 0 radical (unpaired) electrons. The van der Waals surface area contributed by atoms with Crippen molar-refractivity contribution in [2.24, 2.45) is 5.92 Å². The first kappa shape index (κ1) is 12.0. The zero-order valence-electron chi connectivity index (χ0n) is 10.2. The Bertz CT molecular complexity index is 364. The van der Waals surface area contributed by atoms with Gasteiger partial charge >= 0.3 is 0 Å². The minimum Gasteiger partial charge on any atom is -0.346 e. The number of aromatic nitrogens is 3. The summed E-state index contributed by atoms with van der Waals surface area (Å²) < 4.78 is 0. The lowest BCUT2D eigenvalue weighted by Crippen LogP contribution is -2.43. The second kappa shape index (κ2) is 5.27. The summed E-state index contributed by atoms with van der Waals surface area (Å²) in [6, 6.07) is 0.301. The van der Waals surface area contributed by atoms with Crippen LogP contribution in [0.4, 0.5) is 0 Å². The maximum Gasteiger partial charge on any atom is 0.223 e. The topological polar surface area (TPSA) is 82.7 Å². The van der Waals surface area contributed by atoms with Crippen molar-refractivity contribution < 1.29 is 4.79 Å². The lowest BCUT2D eigenvalue weighted by atomic mass is 9.92. The van der Waals surface area contributed by atoms with Gasteiger partial charge in [-0.15, -0.1) is 0 Å². The number of amides is 1. The third kappa shape index (κ3) is 3.03. The van der Waals surface area contributed by atoms with Crippen LogP contribution in [0.2, 0.25) is 0 Å². The molecule has 2 rings (SSSR count). The molecule has 1 fully saturated rings. The minimum absolute atomic E-state index is 0.108. The average molecular weight is 237 g/mol. The molecule has 1 amide bonds. The van der Waals surface area contributed by atoms with Gasteiger partial charge in [0.25, 0.3) is 0 Å². The summed E-state index contributed by atoms with van der Waals surface area (Å²) in [5.74, 6) is 0.916. The maximum atomic E-state index is 12.0. The smallest absolute Gasteiger partial charge is 0.223 e. The molecule has 2 heterocycles. The van der Waals surface area contributed by atoms with Gasteiger partial charge in [0.2, 0.25) is 5.91 Å². The summed E-state index contributed by atoms with van der Waals surface area (Å²) in [6.45, 7) is 4.93. The Labute approximate surface area is 101 Å². The van der Waals surface area contributed by atoms with Gasteiger partial charge in [-0.05, 0) is 33.2 Å². The van der Waals surface area contributed by atoms with E-state index in [1.54, 1.807) is 0 Å². The van der Waals surface area contributed by atoms with Crippen LogP contribution in [0.3, 0.4) is 0 Å². The van der Waals surface area contributed by atoms with E-state index in [2.05, 4.69) is 32.7 Å². The Morgan fingerprint density at radius 3 is 3.12 bits per heavy atom. The SMILES string of the molecule is CC1CC(C(=O)NC(C)c2ncn[nH]2)CCN1. The van der Waals surface area contributed by atoms with Gasteiger partial charge in [-0.2, -0.15) is 5.10 Å². The van der Waals surface area contributed by atoms with E-state index in [0.29, 0.717) is 11.9 Å². The summed E-state index contributed by atoms with van der Waals surface area (Å²) in [6.07, 6.45) is 3.25. The first-order chi connectivity index (χ1) is 8.16. The molecule has 1 saturated heterocycles. The highest BCUT2D eigenvalue weighted by Crippen LogP contribution is 2.17. The molecule has 3 atom stereocenters. The number of piperidine rings is 1. The molecule has 1 aromatic heterocycles. The first-order valence-corrected chi connectivity index (χ1v) is 6.06. The second-order valence-electron chi connectivity index (χ2n) is 4.68. The largest absolute Gasteiger partial charge is 0.346 e. The Hall–Kier alpha value is -1.43. The molecule has 17 heavy (non-hydrogen) atoms. The molecule has 1 aliphatic rings. The van der Waals surface area contributed by atoms with Gasteiger partial charge in [-0.1, -0.05) is 0 Å². The molecule has 0 bridgehead atoms. The summed E-state index contributed by atoms with van der Waals surface area (Å²) >= 11 is 0. The standard InChI is InChI=1S/C11H19N5O/c1-7-5-9(3-4-12-7)11(17)15-8(2)10-13-6-14-16-10/h6-9,12H,3-5H2,1-2H3,(H,15,17)(H,13,14,16). The zero-order chi connectivity index (χ0) is 12.3. The fraction of sp³-hybridized carbons (Fsp3) is 0.727. The van der Waals surface area contributed by atoms with Crippen molar-refractivity contribution in [1.29, 1.82) is 0 Å². The van der Waals surface area contributed by atoms with Crippen LogP contribution < -0.4 is 10.6 Å². The van der Waals surface area contributed by atoms with Crippen molar-refractivity contribution >= 4 is 5.91 Å². The van der Waals surface area contributed by atoms with E-state index in [9.17, 15) is 4.79 Å². The minimum atomic E-state index is -0.116. The van der Waals surface area contributed by atoms with Gasteiger partial charge in [-0.3, -0.25) is 9.89 Å². The van der Waals surface area contributed by atoms with E-state index in [1.807, 2.05) is 6.92 Å². The summed E-state index contributed by atoms with van der Waals surface area (Å²) in [5.41, 5.74) is 0. The van der Waals surface area contributed by atoms with Crippen LogP contribution >= 0.6 is 0 Å². The third-order valence-electron chi connectivity index (χ3n) is 3.20. The molecule has 0 saturated carbocycles. The number of aromatic amines is 1. The Morgan fingerprint density at radius 1 is 1.65 bits per heavy atom. The molecule has 0 aromatic carbocycles. The molecule has 3 unspecified atom stereocenters. The Balaban J connectivity index is 1.88. The van der Waals surface area contributed by atoms with Crippen LogP contribution in [0, 0.1) is 5.92 Å². The number of H-pyrrole nitrogens is 1. The average Bonchev–Trinajstić information content (AvgIpc) is 2.82. The van der Waals surface area contributed by atoms with E-state index in [4.69, 9.17) is 0 Å². The summed E-state index contributed by atoms with van der Waals surface area (Å²) in [4.78, 5) is 16.1. The number of nitrogens with one attached hydrogen (secondary N) is 3. The number of nitrogens with zero attached hydrogens (tertiary/aromatic N) is 2. The van der Waals surface area contributed by atoms with Crippen LogP contribution in [0.15, 0.2) is 6.33 Å². The van der Waals surface area contributed by atoms with E-state index in [0.717, 1.165) is 19.4 Å². The number of rotatable bonds is 3. The predicted octanol–water partition coefficient (Wildman–Crippen LogP) is 0.370. The van der Waals surface area contributed by atoms with Gasteiger partial charge in [0.05, 0.1) is 6.04 Å². The molecule has 0 spiro atoms. The van der Waals surface area contributed by atoms with E-state index in [-0.39, 0.29) is 17.9 Å². The molecule has 1 aliphatic heterocycles. The fourth-order valence-electron chi connectivity index (χ4n) is 2.19. The van der Waals surface area contributed by atoms with Crippen molar-refractivity contribution in [1.82, 2.24) is 25.8 Å². The van der Waals surface area contributed by atoms with Crippen LogP contribution in [0.1, 0.15) is 38.6 Å². The molecular weight excluding hydrogens is 218 g/mol. The van der Waals surface area contributed by atoms with Crippen molar-refractivity contribution in [2.45, 2.75) is 38.8 Å². The van der Waals surface area contributed by atoms with Crippen LogP contribution in [0.5, 0.6) is 0 Å². The first-order valence-electron chi connectivity index (χ1n) is 6.06. The van der Waals surface area contributed by atoms with E-state index < -0.39 is 0 Å². The number of hydrogen-bond donors (Lipinski definition) is 3.